The topological polar surface area (TPSA) is 80.6 Å². The van der Waals surface area contributed by atoms with Crippen molar-refractivity contribution in [2.75, 3.05) is 18.5 Å². The molecule has 3 aromatic rings. The Morgan fingerprint density at radius 2 is 1.77 bits per heavy atom. The number of nitrogens with one attached hydrogen (secondary N) is 2. The second-order valence-corrected chi connectivity index (χ2v) is 6.46. The van der Waals surface area contributed by atoms with Crippen LogP contribution in [0.5, 0.6) is 5.75 Å². The van der Waals surface area contributed by atoms with Crippen LogP contribution < -0.4 is 15.4 Å². The number of hydrogen-bond acceptors (Lipinski definition) is 4. The van der Waals surface area contributed by atoms with E-state index < -0.39 is 17.6 Å². The SMILES string of the molecule is CCNC(=O)COc1ccc(NC(=O)c2ccc(-c3cccc(C(F)(F)F)c3)o2)cc1. The molecule has 0 spiro atoms. The van der Waals surface area contributed by atoms with Crippen LogP contribution in [0.1, 0.15) is 23.0 Å². The van der Waals surface area contributed by atoms with Crippen molar-refractivity contribution in [2.45, 2.75) is 13.1 Å². The molecule has 31 heavy (non-hydrogen) atoms. The number of anilines is 1. The molecule has 162 valence electrons. The molecule has 0 fully saturated rings. The molecule has 2 N–H and O–H groups in total. The quantitative estimate of drug-likeness (QED) is 0.566. The molecule has 1 heterocycles. The molecule has 1 aromatic heterocycles. The third kappa shape index (κ3) is 5.88. The lowest BCUT2D eigenvalue weighted by Gasteiger charge is -2.08. The number of furan rings is 1. The molecule has 0 saturated heterocycles. The van der Waals surface area contributed by atoms with Crippen LogP contribution in [0.15, 0.2) is 65.1 Å². The Balaban J connectivity index is 1.63. The van der Waals surface area contributed by atoms with Crippen molar-refractivity contribution < 1.29 is 31.9 Å². The molecule has 0 radical (unpaired) electrons. The van der Waals surface area contributed by atoms with Crippen LogP contribution in [0.2, 0.25) is 0 Å². The molecule has 0 bridgehead atoms. The van der Waals surface area contributed by atoms with Crippen molar-refractivity contribution in [3.05, 3.63) is 72.0 Å². The monoisotopic (exact) mass is 432 g/mol. The molecule has 2 aromatic carbocycles. The number of ether oxygens (including phenoxy) is 1. The largest absolute Gasteiger partial charge is 0.484 e. The van der Waals surface area contributed by atoms with Crippen LogP contribution in [-0.2, 0) is 11.0 Å². The van der Waals surface area contributed by atoms with Crippen molar-refractivity contribution in [3.8, 4) is 17.1 Å². The van der Waals surface area contributed by atoms with Gasteiger partial charge in [-0.2, -0.15) is 13.2 Å². The summed E-state index contributed by atoms with van der Waals surface area (Å²) in [5, 5.41) is 5.23. The fourth-order valence-electron chi connectivity index (χ4n) is 2.69. The molecule has 2 amide bonds. The molecule has 0 saturated carbocycles. The van der Waals surface area contributed by atoms with Crippen molar-refractivity contribution in [1.82, 2.24) is 5.32 Å². The lowest BCUT2D eigenvalue weighted by Crippen LogP contribution is -2.28. The van der Waals surface area contributed by atoms with Crippen molar-refractivity contribution >= 4 is 17.5 Å². The number of benzene rings is 2. The average molecular weight is 432 g/mol. The van der Waals surface area contributed by atoms with E-state index in [1.807, 2.05) is 0 Å². The second kappa shape index (κ2) is 9.38. The molecule has 6 nitrogen and oxygen atoms in total. The van der Waals surface area contributed by atoms with E-state index in [1.165, 1.54) is 24.3 Å². The standard InChI is InChI=1S/C22H19F3N2O4/c1-2-26-20(28)13-30-17-8-6-16(7-9-17)27-21(29)19-11-10-18(31-19)14-4-3-5-15(12-14)22(23,24)25/h3-12H,2,13H2,1H3,(H,26,28)(H,27,29). The fraction of sp³-hybridized carbons (Fsp3) is 0.182. The van der Waals surface area contributed by atoms with E-state index in [9.17, 15) is 22.8 Å². The van der Waals surface area contributed by atoms with Gasteiger partial charge in [0.15, 0.2) is 12.4 Å². The molecule has 0 unspecified atom stereocenters. The summed E-state index contributed by atoms with van der Waals surface area (Å²) in [6, 6.07) is 13.8. The maximum absolute atomic E-state index is 12.9. The van der Waals surface area contributed by atoms with Gasteiger partial charge in [0.25, 0.3) is 11.8 Å². The zero-order valence-corrected chi connectivity index (χ0v) is 16.5. The van der Waals surface area contributed by atoms with Crippen molar-refractivity contribution in [1.29, 1.82) is 0 Å². The minimum atomic E-state index is -4.47. The van der Waals surface area contributed by atoms with Gasteiger partial charge in [0.1, 0.15) is 11.5 Å². The molecule has 0 aliphatic heterocycles. The predicted octanol–water partition coefficient (Wildman–Crippen LogP) is 4.73. The highest BCUT2D eigenvalue weighted by Gasteiger charge is 2.30. The van der Waals surface area contributed by atoms with Crippen LogP contribution in [0, 0.1) is 0 Å². The summed E-state index contributed by atoms with van der Waals surface area (Å²) in [5.74, 6) is -0.257. The van der Waals surface area contributed by atoms with Gasteiger partial charge in [0, 0.05) is 17.8 Å². The van der Waals surface area contributed by atoms with Crippen LogP contribution in [0.25, 0.3) is 11.3 Å². The molecule has 0 aliphatic rings. The Morgan fingerprint density at radius 3 is 2.45 bits per heavy atom. The summed E-state index contributed by atoms with van der Waals surface area (Å²) in [7, 11) is 0. The van der Waals surface area contributed by atoms with E-state index in [1.54, 1.807) is 31.2 Å². The van der Waals surface area contributed by atoms with Gasteiger partial charge in [-0.15, -0.1) is 0 Å². The van der Waals surface area contributed by atoms with E-state index in [0.29, 0.717) is 18.0 Å². The molecule has 3 rings (SSSR count). The lowest BCUT2D eigenvalue weighted by atomic mass is 10.1. The highest BCUT2D eigenvalue weighted by Crippen LogP contribution is 2.32. The first-order valence-corrected chi connectivity index (χ1v) is 9.34. The minimum Gasteiger partial charge on any atom is -0.484 e. The molecular formula is C22H19F3N2O4. The van der Waals surface area contributed by atoms with Crippen molar-refractivity contribution in [3.63, 3.8) is 0 Å². The van der Waals surface area contributed by atoms with Crippen LogP contribution in [0.3, 0.4) is 0 Å². The third-order valence-electron chi connectivity index (χ3n) is 4.16. The molecular weight excluding hydrogens is 413 g/mol. The van der Waals surface area contributed by atoms with Gasteiger partial charge in [0.2, 0.25) is 0 Å². The number of hydrogen-bond donors (Lipinski definition) is 2. The Kier molecular flexibility index (Phi) is 6.64. The smallest absolute Gasteiger partial charge is 0.416 e. The first-order valence-electron chi connectivity index (χ1n) is 9.34. The van der Waals surface area contributed by atoms with Gasteiger partial charge >= 0.3 is 6.18 Å². The second-order valence-electron chi connectivity index (χ2n) is 6.46. The van der Waals surface area contributed by atoms with Gasteiger partial charge in [-0.1, -0.05) is 12.1 Å². The maximum Gasteiger partial charge on any atom is 0.416 e. The number of rotatable bonds is 7. The number of amides is 2. The predicted molar refractivity (Wildman–Crippen MR) is 108 cm³/mol. The van der Waals surface area contributed by atoms with E-state index in [2.05, 4.69) is 10.6 Å². The van der Waals surface area contributed by atoms with Gasteiger partial charge in [-0.25, -0.2) is 0 Å². The molecule has 9 heteroatoms. The number of carbonyl (C=O) groups excluding carboxylic acids is 2. The third-order valence-corrected chi connectivity index (χ3v) is 4.16. The summed E-state index contributed by atoms with van der Waals surface area (Å²) in [6.45, 7) is 2.19. The molecule has 0 aliphatic carbocycles. The zero-order chi connectivity index (χ0) is 22.4. The fourth-order valence-corrected chi connectivity index (χ4v) is 2.69. The van der Waals surface area contributed by atoms with Gasteiger partial charge in [0.05, 0.1) is 5.56 Å². The average Bonchev–Trinajstić information content (AvgIpc) is 3.23. The summed E-state index contributed by atoms with van der Waals surface area (Å²) in [5.41, 5.74) is -0.142. The normalized spacial score (nSPS) is 11.1. The van der Waals surface area contributed by atoms with Gasteiger partial charge in [-0.3, -0.25) is 9.59 Å². The highest BCUT2D eigenvalue weighted by molar-refractivity contribution is 6.02. The summed E-state index contributed by atoms with van der Waals surface area (Å²) >= 11 is 0. The van der Waals surface area contributed by atoms with Crippen LogP contribution in [-0.4, -0.2) is 25.0 Å². The maximum atomic E-state index is 12.9. The number of alkyl halides is 3. The first kappa shape index (κ1) is 21.9. The van der Waals surface area contributed by atoms with Crippen LogP contribution in [0.4, 0.5) is 18.9 Å². The Morgan fingerprint density at radius 1 is 1.03 bits per heavy atom. The van der Waals surface area contributed by atoms with E-state index in [-0.39, 0.29) is 29.6 Å². The minimum absolute atomic E-state index is 0.0519. The molecule has 0 atom stereocenters. The number of halogens is 3. The zero-order valence-electron chi connectivity index (χ0n) is 16.5. The highest BCUT2D eigenvalue weighted by atomic mass is 19.4. The van der Waals surface area contributed by atoms with Gasteiger partial charge in [-0.05, 0) is 55.5 Å². The summed E-state index contributed by atoms with van der Waals surface area (Å²) < 4.78 is 49.4. The summed E-state index contributed by atoms with van der Waals surface area (Å²) in [4.78, 5) is 23.8. The van der Waals surface area contributed by atoms with Gasteiger partial charge < -0.3 is 19.8 Å². The number of likely N-dealkylation sites (N-methyl/N-ethyl adjacent to an activating group) is 1. The Labute approximate surface area is 176 Å². The van der Waals surface area contributed by atoms with E-state index in [4.69, 9.17) is 9.15 Å². The Bertz CT molecular complexity index is 1060. The van der Waals surface area contributed by atoms with Crippen molar-refractivity contribution in [2.24, 2.45) is 0 Å². The van der Waals surface area contributed by atoms with E-state index >= 15 is 0 Å². The lowest BCUT2D eigenvalue weighted by molar-refractivity contribution is -0.137. The number of carbonyl (C=O) groups is 2. The Hall–Kier alpha value is -3.75. The van der Waals surface area contributed by atoms with E-state index in [0.717, 1.165) is 12.1 Å². The summed E-state index contributed by atoms with van der Waals surface area (Å²) in [6.07, 6.45) is -4.47. The first-order chi connectivity index (χ1) is 14.8. The van der Waals surface area contributed by atoms with Crippen LogP contribution >= 0.6 is 0 Å².